The molecule has 1 aliphatic rings. The number of rotatable bonds is 4. The van der Waals surface area contributed by atoms with Crippen molar-refractivity contribution in [2.24, 2.45) is 5.73 Å². The summed E-state index contributed by atoms with van der Waals surface area (Å²) >= 11 is 0. The van der Waals surface area contributed by atoms with Crippen LogP contribution in [0, 0.1) is 11.6 Å². The van der Waals surface area contributed by atoms with E-state index in [1.165, 1.54) is 12.1 Å². The average Bonchev–Trinajstić information content (AvgIpc) is 3.02. The first-order valence-corrected chi connectivity index (χ1v) is 9.45. The van der Waals surface area contributed by atoms with Gasteiger partial charge in [-0.1, -0.05) is 12.1 Å². The Morgan fingerprint density at radius 3 is 2.42 bits per heavy atom. The fourth-order valence-electron chi connectivity index (χ4n) is 3.62. The number of halogens is 6. The minimum atomic E-state index is -4.81. The number of benzene rings is 2. The van der Waals surface area contributed by atoms with Crippen LogP contribution in [0.25, 0.3) is 11.0 Å². The summed E-state index contributed by atoms with van der Waals surface area (Å²) < 4.78 is 84.0. The van der Waals surface area contributed by atoms with Gasteiger partial charge < -0.3 is 19.9 Å². The predicted octanol–water partition coefficient (Wildman–Crippen LogP) is 4.14. The minimum absolute atomic E-state index is 0.105. The Morgan fingerprint density at radius 1 is 1.10 bits per heavy atom. The highest BCUT2D eigenvalue weighted by atomic mass is 19.4. The zero-order valence-corrected chi connectivity index (χ0v) is 16.0. The van der Waals surface area contributed by atoms with Gasteiger partial charge in [-0.3, -0.25) is 0 Å². The second-order valence-electron chi connectivity index (χ2n) is 7.36. The van der Waals surface area contributed by atoms with Gasteiger partial charge in [0, 0.05) is 25.2 Å². The third kappa shape index (κ3) is 4.55. The molecule has 2 N–H and O–H groups in total. The molecule has 0 aliphatic carbocycles. The van der Waals surface area contributed by atoms with Crippen molar-refractivity contribution in [1.82, 2.24) is 9.55 Å². The molecule has 2 heterocycles. The van der Waals surface area contributed by atoms with Gasteiger partial charge in [-0.15, -0.1) is 13.2 Å². The van der Waals surface area contributed by atoms with Crippen LogP contribution in [0.15, 0.2) is 36.4 Å². The maximum absolute atomic E-state index is 13.9. The van der Waals surface area contributed by atoms with Crippen LogP contribution in [0.4, 0.5) is 32.3 Å². The summed E-state index contributed by atoms with van der Waals surface area (Å²) in [5, 5.41) is 0. The Kier molecular flexibility index (Phi) is 5.46. The number of hydrogen-bond donors (Lipinski definition) is 1. The van der Waals surface area contributed by atoms with Crippen molar-refractivity contribution in [2.75, 3.05) is 18.0 Å². The van der Waals surface area contributed by atoms with Crippen molar-refractivity contribution in [1.29, 1.82) is 0 Å². The van der Waals surface area contributed by atoms with Crippen LogP contribution in [0.3, 0.4) is 0 Å². The molecule has 0 amide bonds. The highest BCUT2D eigenvalue weighted by Gasteiger charge is 2.31. The van der Waals surface area contributed by atoms with E-state index in [0.717, 1.165) is 24.3 Å². The molecular weight excluding hydrogens is 426 g/mol. The Morgan fingerprint density at radius 2 is 1.77 bits per heavy atom. The first-order valence-electron chi connectivity index (χ1n) is 9.45. The summed E-state index contributed by atoms with van der Waals surface area (Å²) in [4.78, 5) is 6.12. The number of anilines is 1. The summed E-state index contributed by atoms with van der Waals surface area (Å²) in [7, 11) is 0. The first-order chi connectivity index (χ1) is 14.6. The number of nitrogens with zero attached hydrogens (tertiary/aromatic N) is 3. The van der Waals surface area contributed by atoms with Gasteiger partial charge >= 0.3 is 6.36 Å². The van der Waals surface area contributed by atoms with Crippen molar-refractivity contribution in [3.8, 4) is 5.75 Å². The maximum Gasteiger partial charge on any atom is 0.573 e. The van der Waals surface area contributed by atoms with Gasteiger partial charge in [-0.05, 0) is 24.1 Å². The van der Waals surface area contributed by atoms with Crippen LogP contribution in [0.2, 0.25) is 0 Å². The minimum Gasteiger partial charge on any atom is -0.406 e. The second kappa shape index (κ2) is 7.95. The third-order valence-corrected chi connectivity index (χ3v) is 5.12. The standard InChI is InChI=1S/C20H18F6N4O/c21-13-5-6-29(10-16(13)27)19-28-17-7-14(22)15(23)8-18(17)30(19)9-11-1-3-12(4-2-11)31-20(24,25)26/h1-4,7-8,13,16H,5-6,9-10,27H2/t13-,16-/m1/s1. The van der Waals surface area contributed by atoms with E-state index in [-0.39, 0.29) is 30.8 Å². The number of alkyl halides is 4. The predicted molar refractivity (Wildman–Crippen MR) is 102 cm³/mol. The van der Waals surface area contributed by atoms with E-state index in [1.54, 1.807) is 9.47 Å². The van der Waals surface area contributed by atoms with Gasteiger partial charge in [0.2, 0.25) is 5.95 Å². The smallest absolute Gasteiger partial charge is 0.406 e. The lowest BCUT2D eigenvalue weighted by atomic mass is 10.1. The van der Waals surface area contributed by atoms with E-state index in [9.17, 15) is 26.3 Å². The van der Waals surface area contributed by atoms with Crippen molar-refractivity contribution in [3.63, 3.8) is 0 Å². The lowest BCUT2D eigenvalue weighted by Gasteiger charge is -2.34. The zero-order chi connectivity index (χ0) is 22.3. The second-order valence-corrected chi connectivity index (χ2v) is 7.36. The fourth-order valence-corrected chi connectivity index (χ4v) is 3.62. The lowest BCUT2D eigenvalue weighted by Crippen LogP contribution is -2.50. The number of imidazole rings is 1. The number of aromatic nitrogens is 2. The summed E-state index contributed by atoms with van der Waals surface area (Å²) in [5.74, 6) is -2.15. The number of nitrogens with two attached hydrogens (primary N) is 1. The van der Waals surface area contributed by atoms with Crippen molar-refractivity contribution in [2.45, 2.75) is 31.5 Å². The van der Waals surface area contributed by atoms with Crippen molar-refractivity contribution in [3.05, 3.63) is 53.6 Å². The van der Waals surface area contributed by atoms with Crippen LogP contribution < -0.4 is 15.4 Å². The molecule has 4 rings (SSSR count). The average molecular weight is 444 g/mol. The van der Waals surface area contributed by atoms with Crippen LogP contribution in [0.5, 0.6) is 5.75 Å². The molecule has 5 nitrogen and oxygen atoms in total. The Labute approximate surface area is 173 Å². The van der Waals surface area contributed by atoms with E-state index < -0.39 is 30.2 Å². The van der Waals surface area contributed by atoms with E-state index in [0.29, 0.717) is 23.6 Å². The van der Waals surface area contributed by atoms with Crippen molar-refractivity contribution >= 4 is 17.0 Å². The highest BCUT2D eigenvalue weighted by molar-refractivity contribution is 5.79. The third-order valence-electron chi connectivity index (χ3n) is 5.12. The Hall–Kier alpha value is -2.95. The van der Waals surface area contributed by atoms with E-state index >= 15 is 0 Å². The summed E-state index contributed by atoms with van der Waals surface area (Å²) in [5.41, 5.74) is 6.90. The SMILES string of the molecule is N[C@@H]1CN(c2nc3cc(F)c(F)cc3n2Cc2ccc(OC(F)(F)F)cc2)CC[C@H]1F. The molecule has 0 spiro atoms. The van der Waals surface area contributed by atoms with Gasteiger partial charge in [0.1, 0.15) is 11.9 Å². The molecule has 0 bridgehead atoms. The largest absolute Gasteiger partial charge is 0.573 e. The van der Waals surface area contributed by atoms with Gasteiger partial charge in [0.25, 0.3) is 0 Å². The zero-order valence-electron chi connectivity index (χ0n) is 16.0. The van der Waals surface area contributed by atoms with Crippen LogP contribution >= 0.6 is 0 Å². The topological polar surface area (TPSA) is 56.3 Å². The monoisotopic (exact) mass is 444 g/mol. The summed E-state index contributed by atoms with van der Waals surface area (Å²) in [6, 6.07) is 6.40. The van der Waals surface area contributed by atoms with Crippen LogP contribution in [0.1, 0.15) is 12.0 Å². The Bertz CT molecular complexity index is 1080. The maximum atomic E-state index is 13.9. The van der Waals surface area contributed by atoms with Crippen molar-refractivity contribution < 1.29 is 31.1 Å². The molecule has 31 heavy (non-hydrogen) atoms. The van der Waals surface area contributed by atoms with Gasteiger partial charge in [-0.2, -0.15) is 0 Å². The molecule has 2 aromatic carbocycles. The first kappa shape index (κ1) is 21.3. The summed E-state index contributed by atoms with van der Waals surface area (Å²) in [6.07, 6.45) is -5.79. The van der Waals surface area contributed by atoms with Gasteiger partial charge in [0.15, 0.2) is 11.6 Å². The fraction of sp³-hybridized carbons (Fsp3) is 0.350. The number of ether oxygens (including phenoxy) is 1. The van der Waals surface area contributed by atoms with Gasteiger partial charge in [0.05, 0.1) is 23.6 Å². The van der Waals surface area contributed by atoms with E-state index in [4.69, 9.17) is 5.73 Å². The molecule has 0 saturated carbocycles. The molecule has 3 aromatic rings. The molecular formula is C20H18F6N4O. The molecule has 0 radical (unpaired) electrons. The molecule has 166 valence electrons. The molecule has 1 saturated heterocycles. The lowest BCUT2D eigenvalue weighted by molar-refractivity contribution is -0.274. The number of piperidine rings is 1. The summed E-state index contributed by atoms with van der Waals surface area (Å²) in [6.45, 7) is 0.573. The normalized spacial score (nSPS) is 19.8. The van der Waals surface area contributed by atoms with Crippen LogP contribution in [-0.2, 0) is 6.54 Å². The molecule has 0 unspecified atom stereocenters. The molecule has 11 heteroatoms. The Balaban J connectivity index is 1.70. The molecule has 1 fully saturated rings. The van der Waals surface area contributed by atoms with Crippen LogP contribution in [-0.4, -0.2) is 41.2 Å². The molecule has 1 aromatic heterocycles. The number of fused-ring (bicyclic) bond motifs is 1. The van der Waals surface area contributed by atoms with E-state index in [2.05, 4.69) is 9.72 Å². The highest BCUT2D eigenvalue weighted by Crippen LogP contribution is 2.29. The molecule has 2 atom stereocenters. The molecule has 1 aliphatic heterocycles. The number of hydrogen-bond acceptors (Lipinski definition) is 4. The quantitative estimate of drug-likeness (QED) is 0.615. The van der Waals surface area contributed by atoms with E-state index in [1.807, 2.05) is 0 Å². The van der Waals surface area contributed by atoms with Gasteiger partial charge in [-0.25, -0.2) is 18.2 Å².